The molecule has 1 aromatic carbocycles. The molecule has 0 amide bonds. The molecule has 0 aliphatic heterocycles. The minimum absolute atomic E-state index is 0.661. The van der Waals surface area contributed by atoms with Gasteiger partial charge in [-0.1, -0.05) is 38.5 Å². The van der Waals surface area contributed by atoms with Crippen molar-refractivity contribution in [2.45, 2.75) is 33.1 Å². The van der Waals surface area contributed by atoms with Crippen LogP contribution in [0.15, 0.2) is 42.7 Å². The summed E-state index contributed by atoms with van der Waals surface area (Å²) in [5.41, 5.74) is 0. The van der Waals surface area contributed by atoms with Crippen molar-refractivity contribution < 1.29 is 34.7 Å². The van der Waals surface area contributed by atoms with Gasteiger partial charge in [0.25, 0.3) is 0 Å². The molecular formula is C16H22F6NOP. The Bertz CT molecular complexity index is 678. The fourth-order valence-electron chi connectivity index (χ4n) is 2.20. The molecule has 25 heavy (non-hydrogen) atoms. The number of aromatic nitrogens is 1. The Morgan fingerprint density at radius 3 is 2.04 bits per heavy atom. The first-order valence-corrected chi connectivity index (χ1v) is 9.91. The van der Waals surface area contributed by atoms with Gasteiger partial charge in [0.05, 0.1) is 5.39 Å². The molecule has 0 saturated heterocycles. The Labute approximate surface area is 142 Å². The molecule has 0 aliphatic rings. The van der Waals surface area contributed by atoms with E-state index in [4.69, 9.17) is 4.84 Å². The summed E-state index contributed by atoms with van der Waals surface area (Å²) in [6.07, 6.45) is 7.69. The van der Waals surface area contributed by atoms with Gasteiger partial charge in [-0.05, 0) is 30.2 Å². The van der Waals surface area contributed by atoms with Crippen LogP contribution in [0.4, 0.5) is 25.2 Å². The van der Waals surface area contributed by atoms with Crippen LogP contribution >= 0.6 is 7.81 Å². The van der Waals surface area contributed by atoms with E-state index in [-0.39, 0.29) is 0 Å². The zero-order valence-corrected chi connectivity index (χ0v) is 14.9. The van der Waals surface area contributed by atoms with Gasteiger partial charge < -0.3 is 0 Å². The number of nitrogens with zero attached hydrogens (tertiary/aromatic N) is 1. The molecule has 1 atom stereocenters. The fraction of sp³-hybridized carbons (Fsp3) is 0.438. The summed E-state index contributed by atoms with van der Waals surface area (Å²) < 4.78 is 61.0. The molecule has 0 spiro atoms. The number of benzene rings is 1. The van der Waals surface area contributed by atoms with Gasteiger partial charge in [-0.2, -0.15) is 0 Å². The van der Waals surface area contributed by atoms with Crippen LogP contribution in [0.3, 0.4) is 0 Å². The Kier molecular flexibility index (Phi) is 6.32. The summed E-state index contributed by atoms with van der Waals surface area (Å²) in [6.45, 7) is 5.26. The van der Waals surface area contributed by atoms with Gasteiger partial charge in [0.15, 0.2) is 6.61 Å². The first kappa shape index (κ1) is 21.5. The summed E-state index contributed by atoms with van der Waals surface area (Å²) >= 11 is 0. The maximum absolute atomic E-state index is 10.7. The minimum atomic E-state index is -10.7. The van der Waals surface area contributed by atoms with E-state index in [0.29, 0.717) is 5.92 Å². The summed E-state index contributed by atoms with van der Waals surface area (Å²) in [6, 6.07) is 10.4. The van der Waals surface area contributed by atoms with Crippen LogP contribution in [-0.4, -0.2) is 6.61 Å². The van der Waals surface area contributed by atoms with Gasteiger partial charge in [0.1, 0.15) is 0 Å². The van der Waals surface area contributed by atoms with E-state index in [1.807, 2.05) is 17.1 Å². The van der Waals surface area contributed by atoms with Crippen molar-refractivity contribution >= 4 is 18.6 Å². The number of rotatable bonds is 6. The molecular weight excluding hydrogens is 367 g/mol. The number of hydrogen-bond acceptors (Lipinski definition) is 1. The number of halogens is 6. The maximum atomic E-state index is 9.87. The standard InChI is InChI=1S/C16H22NO.F6P/c1-3-7-14(4-2)13-18-17-11-10-15-8-5-6-9-16(15)12-17;1-7(2,3,4,5)6/h5-6,8-12,14H,3-4,7,13H2,1-2H3;/q+1;-1. The van der Waals surface area contributed by atoms with Gasteiger partial charge in [-0.3, -0.25) is 4.84 Å². The van der Waals surface area contributed by atoms with Crippen LogP contribution in [0.25, 0.3) is 10.8 Å². The molecule has 0 radical (unpaired) electrons. The second-order valence-corrected chi connectivity index (χ2v) is 7.67. The van der Waals surface area contributed by atoms with E-state index in [1.165, 1.54) is 30.0 Å². The Morgan fingerprint density at radius 2 is 1.52 bits per heavy atom. The van der Waals surface area contributed by atoms with Crippen molar-refractivity contribution in [1.29, 1.82) is 0 Å². The Hall–Kier alpha value is -1.56. The summed E-state index contributed by atoms with van der Waals surface area (Å²) in [7, 11) is -10.7. The molecule has 2 rings (SSSR count). The second-order valence-electron chi connectivity index (χ2n) is 5.75. The normalized spacial score (nSPS) is 15.5. The van der Waals surface area contributed by atoms with Crippen molar-refractivity contribution in [2.24, 2.45) is 5.92 Å². The average molecular weight is 389 g/mol. The van der Waals surface area contributed by atoms with Gasteiger partial charge >= 0.3 is 33.0 Å². The first-order valence-electron chi connectivity index (χ1n) is 7.88. The number of fused-ring (bicyclic) bond motifs is 1. The molecule has 0 saturated carbocycles. The van der Waals surface area contributed by atoms with Crippen LogP contribution in [0.1, 0.15) is 33.1 Å². The van der Waals surface area contributed by atoms with Crippen molar-refractivity contribution in [3.05, 3.63) is 42.7 Å². The van der Waals surface area contributed by atoms with Crippen molar-refractivity contribution in [2.75, 3.05) is 6.61 Å². The van der Waals surface area contributed by atoms with Crippen LogP contribution in [-0.2, 0) is 0 Å². The second kappa shape index (κ2) is 7.36. The predicted octanol–water partition coefficient (Wildman–Crippen LogP) is 6.76. The van der Waals surface area contributed by atoms with Gasteiger partial charge in [0.2, 0.25) is 12.4 Å². The Balaban J connectivity index is 0.000000381. The zero-order valence-electron chi connectivity index (χ0n) is 14.0. The van der Waals surface area contributed by atoms with Crippen molar-refractivity contribution in [3.63, 3.8) is 0 Å². The molecule has 0 aliphatic carbocycles. The average Bonchev–Trinajstić information content (AvgIpc) is 2.48. The van der Waals surface area contributed by atoms with Gasteiger partial charge in [-0.15, -0.1) is 0 Å². The van der Waals surface area contributed by atoms with E-state index >= 15 is 0 Å². The molecule has 0 N–H and O–H groups in total. The topological polar surface area (TPSA) is 13.1 Å². The van der Waals surface area contributed by atoms with E-state index in [0.717, 1.165) is 6.61 Å². The van der Waals surface area contributed by atoms with Crippen LogP contribution in [0, 0.1) is 5.92 Å². The van der Waals surface area contributed by atoms with E-state index in [1.54, 1.807) is 0 Å². The fourth-order valence-corrected chi connectivity index (χ4v) is 2.20. The summed E-state index contributed by atoms with van der Waals surface area (Å²) in [4.78, 5) is 5.84. The number of hydrogen-bond donors (Lipinski definition) is 0. The van der Waals surface area contributed by atoms with Gasteiger partial charge in [-0.25, -0.2) is 0 Å². The summed E-state index contributed by atoms with van der Waals surface area (Å²) in [5, 5.41) is 2.46. The third-order valence-corrected chi connectivity index (χ3v) is 3.40. The van der Waals surface area contributed by atoms with Gasteiger partial charge in [0, 0.05) is 10.8 Å². The molecule has 0 fully saturated rings. The van der Waals surface area contributed by atoms with E-state index in [2.05, 4.69) is 44.2 Å². The van der Waals surface area contributed by atoms with Crippen LogP contribution in [0.5, 0.6) is 0 Å². The molecule has 9 heteroatoms. The monoisotopic (exact) mass is 389 g/mol. The molecule has 144 valence electrons. The first-order chi connectivity index (χ1) is 11.3. The van der Waals surface area contributed by atoms with Crippen molar-refractivity contribution in [3.8, 4) is 0 Å². The van der Waals surface area contributed by atoms with E-state index in [9.17, 15) is 25.2 Å². The van der Waals surface area contributed by atoms with Crippen LogP contribution in [0.2, 0.25) is 0 Å². The third-order valence-electron chi connectivity index (χ3n) is 3.40. The Morgan fingerprint density at radius 1 is 0.960 bits per heavy atom. The van der Waals surface area contributed by atoms with Crippen molar-refractivity contribution in [1.82, 2.24) is 0 Å². The SMILES string of the molecule is CCCC(CC)CO[n+]1ccc2ccccc2c1.F[P-](F)(F)(F)(F)F. The molecule has 1 aromatic heterocycles. The van der Waals surface area contributed by atoms with E-state index < -0.39 is 7.81 Å². The summed E-state index contributed by atoms with van der Waals surface area (Å²) in [5.74, 6) is 0.661. The third kappa shape index (κ3) is 11.6. The molecule has 1 heterocycles. The molecule has 0 bridgehead atoms. The molecule has 2 nitrogen and oxygen atoms in total. The number of pyridine rings is 1. The zero-order chi connectivity index (χ0) is 19.2. The van der Waals surface area contributed by atoms with Crippen LogP contribution < -0.4 is 9.57 Å². The predicted molar refractivity (Wildman–Crippen MR) is 87.8 cm³/mol. The quantitative estimate of drug-likeness (QED) is 0.302. The molecule has 1 unspecified atom stereocenters. The molecule has 2 aromatic rings.